The van der Waals surface area contributed by atoms with E-state index < -0.39 is 0 Å². The fourth-order valence-corrected chi connectivity index (χ4v) is 1.90. The summed E-state index contributed by atoms with van der Waals surface area (Å²) in [7, 11) is 1.60. The van der Waals surface area contributed by atoms with E-state index in [9.17, 15) is 4.79 Å². The van der Waals surface area contributed by atoms with Crippen LogP contribution in [0.5, 0.6) is 5.88 Å². The van der Waals surface area contributed by atoms with E-state index in [2.05, 4.69) is 27.2 Å². The number of H-pyrrole nitrogens is 1. The highest BCUT2D eigenvalue weighted by atomic mass is 16.5. The van der Waals surface area contributed by atoms with E-state index >= 15 is 0 Å². The summed E-state index contributed by atoms with van der Waals surface area (Å²) in [6, 6.07) is 0. The minimum Gasteiger partial charge on any atom is -0.474 e. The van der Waals surface area contributed by atoms with E-state index in [-0.39, 0.29) is 12.0 Å². The van der Waals surface area contributed by atoms with Crippen LogP contribution in [0, 0.1) is 0 Å². The van der Waals surface area contributed by atoms with Gasteiger partial charge in [0.15, 0.2) is 0 Å². The van der Waals surface area contributed by atoms with Crippen LogP contribution in [0.2, 0.25) is 0 Å². The maximum absolute atomic E-state index is 11.2. The molecule has 0 aliphatic carbocycles. The van der Waals surface area contributed by atoms with Gasteiger partial charge < -0.3 is 15.0 Å². The molecule has 2 rings (SSSR count). The number of aromatic nitrogens is 3. The number of carbonyl (C=O) groups excluding carboxylic acids is 1. The van der Waals surface area contributed by atoms with Crippen LogP contribution in [-0.2, 0) is 11.2 Å². The Bertz CT molecular complexity index is 648. The number of allylic oxidation sites excluding steroid dienone is 1. The van der Waals surface area contributed by atoms with Gasteiger partial charge in [0.1, 0.15) is 12.0 Å². The molecule has 6 nitrogen and oxygen atoms in total. The average molecular weight is 288 g/mol. The second kappa shape index (κ2) is 6.88. The van der Waals surface area contributed by atoms with Gasteiger partial charge in [0.25, 0.3) is 0 Å². The molecule has 0 saturated carbocycles. The summed E-state index contributed by atoms with van der Waals surface area (Å²) in [6.45, 7) is 4.07. The van der Waals surface area contributed by atoms with Crippen molar-refractivity contribution in [1.82, 2.24) is 20.3 Å². The van der Waals surface area contributed by atoms with Crippen molar-refractivity contribution in [3.63, 3.8) is 0 Å². The summed E-state index contributed by atoms with van der Waals surface area (Å²) in [5.41, 5.74) is 1.75. The van der Waals surface area contributed by atoms with Gasteiger partial charge in [-0.25, -0.2) is 9.97 Å². The standard InChI is InChI=1S/C15H20N4O2/c1-4-10(2)21-15-13-11(6-5-7-12(20)16-3)8-17-14(13)18-9-19-15/h5,7-10H,4,6H2,1-3H3,(H,16,20)(H,17,18,19). The molecule has 2 aromatic heterocycles. The minimum atomic E-state index is -0.123. The fraction of sp³-hybridized carbons (Fsp3) is 0.400. The van der Waals surface area contributed by atoms with Crippen molar-refractivity contribution in [3.05, 3.63) is 30.2 Å². The lowest BCUT2D eigenvalue weighted by Gasteiger charge is -2.12. The van der Waals surface area contributed by atoms with Crippen molar-refractivity contribution in [2.75, 3.05) is 7.05 Å². The van der Waals surface area contributed by atoms with Crippen LogP contribution in [0.1, 0.15) is 25.8 Å². The number of hydrogen-bond donors (Lipinski definition) is 2. The molecule has 1 atom stereocenters. The SMILES string of the molecule is CCC(C)Oc1ncnc2[nH]cc(CC=CC(=O)NC)c12. The van der Waals surface area contributed by atoms with Crippen molar-refractivity contribution >= 4 is 16.9 Å². The molecule has 1 unspecified atom stereocenters. The van der Waals surface area contributed by atoms with Gasteiger partial charge in [-0.05, 0) is 31.4 Å². The molecule has 0 aliphatic heterocycles. The zero-order valence-corrected chi connectivity index (χ0v) is 12.5. The van der Waals surface area contributed by atoms with E-state index in [1.165, 1.54) is 12.4 Å². The Kier molecular flexibility index (Phi) is 4.92. The van der Waals surface area contributed by atoms with Crippen LogP contribution in [0.15, 0.2) is 24.7 Å². The summed E-state index contributed by atoms with van der Waals surface area (Å²) < 4.78 is 5.85. The zero-order valence-electron chi connectivity index (χ0n) is 12.5. The van der Waals surface area contributed by atoms with Crippen molar-refractivity contribution in [2.24, 2.45) is 0 Å². The predicted octanol–water partition coefficient (Wildman–Crippen LogP) is 1.98. The van der Waals surface area contributed by atoms with Gasteiger partial charge in [0.05, 0.1) is 11.5 Å². The molecule has 0 spiro atoms. The van der Waals surface area contributed by atoms with Crippen molar-refractivity contribution in [3.8, 4) is 5.88 Å². The highest BCUT2D eigenvalue weighted by Crippen LogP contribution is 2.26. The highest BCUT2D eigenvalue weighted by Gasteiger charge is 2.13. The molecule has 0 saturated heterocycles. The number of rotatable bonds is 6. The number of nitrogens with zero attached hydrogens (tertiary/aromatic N) is 2. The quantitative estimate of drug-likeness (QED) is 0.797. The van der Waals surface area contributed by atoms with E-state index in [0.717, 1.165) is 23.0 Å². The number of likely N-dealkylation sites (N-methyl/N-ethyl adjacent to an activating group) is 1. The first-order valence-electron chi connectivity index (χ1n) is 7.01. The van der Waals surface area contributed by atoms with Crippen LogP contribution in [0.3, 0.4) is 0 Å². The Morgan fingerprint density at radius 3 is 3.05 bits per heavy atom. The van der Waals surface area contributed by atoms with E-state index in [4.69, 9.17) is 4.74 Å². The maximum Gasteiger partial charge on any atom is 0.243 e. The first-order chi connectivity index (χ1) is 10.2. The number of hydrogen-bond acceptors (Lipinski definition) is 4. The van der Waals surface area contributed by atoms with Gasteiger partial charge in [0, 0.05) is 13.2 Å². The van der Waals surface area contributed by atoms with Gasteiger partial charge in [0.2, 0.25) is 11.8 Å². The zero-order chi connectivity index (χ0) is 15.2. The van der Waals surface area contributed by atoms with Gasteiger partial charge in [-0.15, -0.1) is 0 Å². The number of aromatic amines is 1. The van der Waals surface area contributed by atoms with E-state index in [1.54, 1.807) is 7.05 Å². The number of carbonyl (C=O) groups is 1. The number of fused-ring (bicyclic) bond motifs is 1. The third-order valence-electron chi connectivity index (χ3n) is 3.26. The molecule has 0 fully saturated rings. The third kappa shape index (κ3) is 3.59. The third-order valence-corrected chi connectivity index (χ3v) is 3.26. The molecule has 112 valence electrons. The molecule has 0 aliphatic rings. The second-order valence-electron chi connectivity index (χ2n) is 4.77. The molecule has 1 amide bonds. The topological polar surface area (TPSA) is 79.9 Å². The lowest BCUT2D eigenvalue weighted by molar-refractivity contribution is -0.116. The van der Waals surface area contributed by atoms with E-state index in [1.807, 2.05) is 19.2 Å². The average Bonchev–Trinajstić information content (AvgIpc) is 2.91. The van der Waals surface area contributed by atoms with E-state index in [0.29, 0.717) is 12.3 Å². The van der Waals surface area contributed by atoms with Crippen molar-refractivity contribution < 1.29 is 9.53 Å². The Hall–Kier alpha value is -2.37. The molecule has 2 heterocycles. The Morgan fingerprint density at radius 2 is 2.33 bits per heavy atom. The van der Waals surface area contributed by atoms with Crippen LogP contribution < -0.4 is 10.1 Å². The Balaban J connectivity index is 2.28. The molecule has 2 N–H and O–H groups in total. The second-order valence-corrected chi connectivity index (χ2v) is 4.77. The van der Waals surface area contributed by atoms with Gasteiger partial charge >= 0.3 is 0 Å². The first-order valence-corrected chi connectivity index (χ1v) is 7.01. The van der Waals surface area contributed by atoms with Crippen molar-refractivity contribution in [2.45, 2.75) is 32.8 Å². The lowest BCUT2D eigenvalue weighted by Crippen LogP contribution is -2.14. The molecule has 2 aromatic rings. The van der Waals surface area contributed by atoms with Crippen LogP contribution in [-0.4, -0.2) is 34.0 Å². The van der Waals surface area contributed by atoms with Crippen LogP contribution in [0.4, 0.5) is 0 Å². The normalized spacial score (nSPS) is 12.7. The van der Waals surface area contributed by atoms with Crippen LogP contribution >= 0.6 is 0 Å². The molecular weight excluding hydrogens is 268 g/mol. The minimum absolute atomic E-state index is 0.0901. The van der Waals surface area contributed by atoms with Crippen LogP contribution in [0.25, 0.3) is 11.0 Å². The predicted molar refractivity (Wildman–Crippen MR) is 81.2 cm³/mol. The molecule has 21 heavy (non-hydrogen) atoms. The Labute approximate surface area is 123 Å². The van der Waals surface area contributed by atoms with Gasteiger partial charge in [-0.3, -0.25) is 4.79 Å². The monoisotopic (exact) mass is 288 g/mol. The molecular formula is C15H20N4O2. The summed E-state index contributed by atoms with van der Waals surface area (Å²) in [5, 5.41) is 3.42. The molecule has 0 aromatic carbocycles. The number of ether oxygens (including phenoxy) is 1. The summed E-state index contributed by atoms with van der Waals surface area (Å²) in [5.74, 6) is 0.459. The molecule has 0 bridgehead atoms. The Morgan fingerprint density at radius 1 is 1.52 bits per heavy atom. The molecule has 0 radical (unpaired) electrons. The largest absolute Gasteiger partial charge is 0.474 e. The van der Waals surface area contributed by atoms with Gasteiger partial charge in [-0.2, -0.15) is 0 Å². The fourth-order valence-electron chi connectivity index (χ4n) is 1.90. The van der Waals surface area contributed by atoms with Crippen molar-refractivity contribution in [1.29, 1.82) is 0 Å². The molecule has 6 heteroatoms. The maximum atomic E-state index is 11.2. The highest BCUT2D eigenvalue weighted by molar-refractivity contribution is 5.88. The first kappa shape index (κ1) is 15.0. The number of nitrogens with one attached hydrogen (secondary N) is 2. The number of amides is 1. The summed E-state index contributed by atoms with van der Waals surface area (Å²) in [4.78, 5) is 22.7. The smallest absolute Gasteiger partial charge is 0.243 e. The summed E-state index contributed by atoms with van der Waals surface area (Å²) in [6.07, 6.45) is 8.28. The summed E-state index contributed by atoms with van der Waals surface area (Å²) >= 11 is 0. The lowest BCUT2D eigenvalue weighted by atomic mass is 10.1. The van der Waals surface area contributed by atoms with Gasteiger partial charge in [-0.1, -0.05) is 13.0 Å².